The van der Waals surface area contributed by atoms with E-state index in [1.165, 1.54) is 11.3 Å². The van der Waals surface area contributed by atoms with E-state index in [-0.39, 0.29) is 11.9 Å². The molecule has 4 nitrogen and oxygen atoms in total. The van der Waals surface area contributed by atoms with Gasteiger partial charge in [0.1, 0.15) is 9.71 Å². The highest BCUT2D eigenvalue weighted by Crippen LogP contribution is 2.32. The summed E-state index contributed by atoms with van der Waals surface area (Å²) in [6.07, 6.45) is 2.02. The van der Waals surface area contributed by atoms with Gasteiger partial charge in [-0.3, -0.25) is 4.79 Å². The topological polar surface area (TPSA) is 68.0 Å². The molecule has 19 heavy (non-hydrogen) atoms. The number of hydrogen-bond acceptors (Lipinski definition) is 5. The molecule has 0 saturated heterocycles. The lowest BCUT2D eigenvalue weighted by Gasteiger charge is -2.11. The van der Waals surface area contributed by atoms with Gasteiger partial charge in [0.2, 0.25) is 0 Å². The number of thiophene rings is 1. The average Bonchev–Trinajstić information content (AvgIpc) is 2.66. The SMILES string of the molecule is CSCC(C)NC(=O)c1sc2nc(C)ccc2c1N. The lowest BCUT2D eigenvalue weighted by atomic mass is 10.2. The number of amides is 1. The zero-order valence-corrected chi connectivity index (χ0v) is 12.8. The fourth-order valence-corrected chi connectivity index (χ4v) is 3.47. The molecule has 6 heteroatoms. The molecule has 0 aliphatic heterocycles. The maximum atomic E-state index is 12.2. The number of fused-ring (bicyclic) bond motifs is 1. The van der Waals surface area contributed by atoms with Crippen molar-refractivity contribution in [2.24, 2.45) is 0 Å². The van der Waals surface area contributed by atoms with Crippen LogP contribution in [0.4, 0.5) is 5.69 Å². The van der Waals surface area contributed by atoms with Gasteiger partial charge in [-0.1, -0.05) is 0 Å². The van der Waals surface area contributed by atoms with Crippen LogP contribution in [-0.4, -0.2) is 28.9 Å². The fourth-order valence-electron chi connectivity index (χ4n) is 1.84. The first-order chi connectivity index (χ1) is 9.02. The van der Waals surface area contributed by atoms with Crippen molar-refractivity contribution in [1.82, 2.24) is 10.3 Å². The van der Waals surface area contributed by atoms with Crippen LogP contribution < -0.4 is 11.1 Å². The van der Waals surface area contributed by atoms with Crippen LogP contribution in [0.3, 0.4) is 0 Å². The molecule has 0 fully saturated rings. The average molecular weight is 295 g/mol. The Bertz CT molecular complexity index is 609. The molecule has 1 atom stereocenters. The van der Waals surface area contributed by atoms with Gasteiger partial charge in [0.25, 0.3) is 5.91 Å². The molecule has 2 aromatic heterocycles. The summed E-state index contributed by atoms with van der Waals surface area (Å²) in [4.78, 5) is 18.0. The molecular weight excluding hydrogens is 278 g/mol. The second kappa shape index (κ2) is 5.79. The van der Waals surface area contributed by atoms with E-state index in [9.17, 15) is 4.79 Å². The molecule has 0 aliphatic rings. The fraction of sp³-hybridized carbons (Fsp3) is 0.385. The van der Waals surface area contributed by atoms with Crippen LogP contribution in [0.25, 0.3) is 10.2 Å². The summed E-state index contributed by atoms with van der Waals surface area (Å²) in [6, 6.07) is 3.96. The van der Waals surface area contributed by atoms with Crippen LogP contribution >= 0.6 is 23.1 Å². The number of aryl methyl sites for hydroxylation is 1. The summed E-state index contributed by atoms with van der Waals surface area (Å²) < 4.78 is 0. The smallest absolute Gasteiger partial charge is 0.263 e. The van der Waals surface area contributed by atoms with Crippen molar-refractivity contribution in [3.05, 3.63) is 22.7 Å². The number of hydrogen-bond donors (Lipinski definition) is 2. The molecule has 0 aromatic carbocycles. The highest BCUT2D eigenvalue weighted by Gasteiger charge is 2.18. The zero-order chi connectivity index (χ0) is 14.0. The van der Waals surface area contributed by atoms with Crippen molar-refractivity contribution >= 4 is 44.9 Å². The number of nitrogens with two attached hydrogens (primary N) is 1. The summed E-state index contributed by atoms with van der Waals surface area (Å²) in [5.74, 6) is 0.771. The molecule has 0 aliphatic carbocycles. The van der Waals surface area contributed by atoms with Gasteiger partial charge in [0.05, 0.1) is 5.69 Å². The molecule has 0 radical (unpaired) electrons. The first kappa shape index (κ1) is 14.1. The van der Waals surface area contributed by atoms with Gasteiger partial charge >= 0.3 is 0 Å². The first-order valence-corrected chi connectivity index (χ1v) is 8.19. The predicted octanol–water partition coefficient (Wildman–Crippen LogP) is 2.67. The van der Waals surface area contributed by atoms with E-state index in [0.29, 0.717) is 10.6 Å². The Hall–Kier alpha value is -1.27. The van der Waals surface area contributed by atoms with Gasteiger partial charge in [-0.05, 0) is 32.2 Å². The normalized spacial score (nSPS) is 12.6. The number of nitrogen functional groups attached to an aromatic ring is 1. The van der Waals surface area contributed by atoms with E-state index in [0.717, 1.165) is 21.7 Å². The number of pyridine rings is 1. The highest BCUT2D eigenvalue weighted by atomic mass is 32.2. The van der Waals surface area contributed by atoms with Crippen LogP contribution in [0.15, 0.2) is 12.1 Å². The minimum absolute atomic E-state index is 0.111. The summed E-state index contributed by atoms with van der Waals surface area (Å²) in [7, 11) is 0. The van der Waals surface area contributed by atoms with Gasteiger partial charge in [0, 0.05) is 22.9 Å². The Kier molecular flexibility index (Phi) is 4.31. The minimum atomic E-state index is -0.111. The summed E-state index contributed by atoms with van der Waals surface area (Å²) in [5, 5.41) is 3.82. The quantitative estimate of drug-likeness (QED) is 0.910. The molecule has 2 aromatic rings. The summed E-state index contributed by atoms with van der Waals surface area (Å²) in [6.45, 7) is 3.91. The first-order valence-electron chi connectivity index (χ1n) is 5.98. The number of nitrogens with zero attached hydrogens (tertiary/aromatic N) is 1. The third-order valence-electron chi connectivity index (χ3n) is 2.73. The maximum Gasteiger partial charge on any atom is 0.263 e. The second-order valence-corrected chi connectivity index (χ2v) is 6.39. The highest BCUT2D eigenvalue weighted by molar-refractivity contribution is 7.98. The van der Waals surface area contributed by atoms with Crippen molar-refractivity contribution < 1.29 is 4.79 Å². The van der Waals surface area contributed by atoms with E-state index in [4.69, 9.17) is 5.73 Å². The Morgan fingerprint density at radius 3 is 3.00 bits per heavy atom. The number of aromatic nitrogens is 1. The number of nitrogens with one attached hydrogen (secondary N) is 1. The van der Waals surface area contributed by atoms with Crippen molar-refractivity contribution in [2.75, 3.05) is 17.7 Å². The second-order valence-electron chi connectivity index (χ2n) is 4.48. The molecule has 102 valence electrons. The van der Waals surface area contributed by atoms with Crippen LogP contribution in [0.1, 0.15) is 22.3 Å². The van der Waals surface area contributed by atoms with Gasteiger partial charge in [-0.2, -0.15) is 11.8 Å². The Balaban J connectivity index is 2.29. The lowest BCUT2D eigenvalue weighted by molar-refractivity contribution is 0.0948. The van der Waals surface area contributed by atoms with E-state index in [1.807, 2.05) is 32.2 Å². The van der Waals surface area contributed by atoms with E-state index in [1.54, 1.807) is 11.8 Å². The molecule has 0 bridgehead atoms. The molecule has 0 spiro atoms. The van der Waals surface area contributed by atoms with Crippen molar-refractivity contribution in [2.45, 2.75) is 19.9 Å². The molecule has 1 unspecified atom stereocenters. The standard InChI is InChI=1S/C13H17N3OS2/c1-7-4-5-9-10(14)11(19-13(9)16-7)12(17)15-8(2)6-18-3/h4-5,8H,6,14H2,1-3H3,(H,15,17). The maximum absolute atomic E-state index is 12.2. The predicted molar refractivity (Wildman–Crippen MR) is 84.1 cm³/mol. The van der Waals surface area contributed by atoms with Crippen LogP contribution in [0.5, 0.6) is 0 Å². The Labute approximate surface area is 120 Å². The van der Waals surface area contributed by atoms with E-state index < -0.39 is 0 Å². The lowest BCUT2D eigenvalue weighted by Crippen LogP contribution is -2.34. The van der Waals surface area contributed by atoms with Crippen LogP contribution in [0, 0.1) is 6.92 Å². The van der Waals surface area contributed by atoms with Gasteiger partial charge in [-0.15, -0.1) is 11.3 Å². The van der Waals surface area contributed by atoms with Gasteiger partial charge < -0.3 is 11.1 Å². The van der Waals surface area contributed by atoms with Crippen molar-refractivity contribution in [3.8, 4) is 0 Å². The number of thioether (sulfide) groups is 1. The Morgan fingerprint density at radius 2 is 2.32 bits per heavy atom. The minimum Gasteiger partial charge on any atom is -0.397 e. The molecular formula is C13H17N3OS2. The molecule has 2 rings (SSSR count). The number of carbonyl (C=O) groups excluding carboxylic acids is 1. The number of carbonyl (C=O) groups is 1. The van der Waals surface area contributed by atoms with Crippen molar-refractivity contribution in [1.29, 1.82) is 0 Å². The number of rotatable bonds is 4. The zero-order valence-electron chi connectivity index (χ0n) is 11.2. The molecule has 1 amide bonds. The molecule has 0 saturated carbocycles. The third kappa shape index (κ3) is 3.01. The van der Waals surface area contributed by atoms with Gasteiger partial charge in [-0.25, -0.2) is 4.98 Å². The third-order valence-corrected chi connectivity index (χ3v) is 4.68. The molecule has 2 heterocycles. The van der Waals surface area contributed by atoms with Crippen molar-refractivity contribution in [3.63, 3.8) is 0 Å². The Morgan fingerprint density at radius 1 is 1.58 bits per heavy atom. The summed E-state index contributed by atoms with van der Waals surface area (Å²) in [5.41, 5.74) is 7.50. The van der Waals surface area contributed by atoms with Crippen LogP contribution in [-0.2, 0) is 0 Å². The molecule has 3 N–H and O–H groups in total. The van der Waals surface area contributed by atoms with E-state index >= 15 is 0 Å². The monoisotopic (exact) mass is 295 g/mol. The van der Waals surface area contributed by atoms with Crippen LogP contribution in [0.2, 0.25) is 0 Å². The summed E-state index contributed by atoms with van der Waals surface area (Å²) >= 11 is 3.05. The van der Waals surface area contributed by atoms with E-state index in [2.05, 4.69) is 10.3 Å². The van der Waals surface area contributed by atoms with Gasteiger partial charge in [0.15, 0.2) is 0 Å². The largest absolute Gasteiger partial charge is 0.397 e. The number of anilines is 1.